The molecule has 2 aromatic carbocycles. The Bertz CT molecular complexity index is 1540. The summed E-state index contributed by atoms with van der Waals surface area (Å²) in [7, 11) is 0. The summed E-state index contributed by atoms with van der Waals surface area (Å²) in [4.78, 5) is 32.2. The van der Waals surface area contributed by atoms with Crippen molar-refractivity contribution in [1.82, 2.24) is 14.5 Å². The van der Waals surface area contributed by atoms with Crippen LogP contribution in [0.15, 0.2) is 72.2 Å². The van der Waals surface area contributed by atoms with Gasteiger partial charge < -0.3 is 9.88 Å². The van der Waals surface area contributed by atoms with Gasteiger partial charge in [0, 0.05) is 53.9 Å². The molecule has 2 amide bonds. The first-order valence-corrected chi connectivity index (χ1v) is 12.2. The predicted octanol–water partition coefficient (Wildman–Crippen LogP) is 5.44. The summed E-state index contributed by atoms with van der Waals surface area (Å²) in [6.07, 6.45) is 5.07. The van der Waals surface area contributed by atoms with Crippen LogP contribution in [0.4, 0.5) is 5.69 Å². The molecule has 0 fully saturated rings. The Labute approximate surface area is 204 Å². The Morgan fingerprint density at radius 3 is 2.71 bits per heavy atom. The van der Waals surface area contributed by atoms with Crippen molar-refractivity contribution in [3.8, 4) is 0 Å². The van der Waals surface area contributed by atoms with Gasteiger partial charge >= 0.3 is 0 Å². The standard InChI is InChI=1S/C29H28N4O2/c1-17(2)12-14-32-15-21-25(20-9-4-7-19-8-6-13-30-28(19)20)27-23(16-33(18(3)34)29(27)35)31-22-10-5-11-24(32)26(21)22/h4-11,13,15,17,25,31H,12,14,16H2,1-3H3/t25-/m1/s1. The number of pyridine rings is 1. The first-order chi connectivity index (χ1) is 16.9. The number of nitrogens with one attached hydrogen (secondary N) is 1. The first kappa shape index (κ1) is 21.6. The van der Waals surface area contributed by atoms with Crippen molar-refractivity contribution in [3.05, 3.63) is 83.3 Å². The van der Waals surface area contributed by atoms with E-state index in [1.54, 1.807) is 6.20 Å². The summed E-state index contributed by atoms with van der Waals surface area (Å²) in [5.74, 6) is -0.223. The number of hydrogen-bond donors (Lipinski definition) is 1. The molecule has 2 aliphatic rings. The van der Waals surface area contributed by atoms with Gasteiger partial charge in [0.25, 0.3) is 5.91 Å². The number of carbonyl (C=O) groups is 2. The molecular weight excluding hydrogens is 436 g/mol. The van der Waals surface area contributed by atoms with Gasteiger partial charge in [0.05, 0.1) is 23.2 Å². The second-order valence-electron chi connectivity index (χ2n) is 9.94. The molecule has 6 heteroatoms. The van der Waals surface area contributed by atoms with Crippen molar-refractivity contribution in [3.63, 3.8) is 0 Å². The van der Waals surface area contributed by atoms with Gasteiger partial charge in [-0.2, -0.15) is 0 Å². The van der Waals surface area contributed by atoms with Crippen molar-refractivity contribution in [2.45, 2.75) is 39.7 Å². The number of anilines is 1. The Morgan fingerprint density at radius 2 is 1.91 bits per heavy atom. The Kier molecular flexibility index (Phi) is 4.99. The van der Waals surface area contributed by atoms with E-state index in [-0.39, 0.29) is 24.3 Å². The lowest BCUT2D eigenvalue weighted by Gasteiger charge is -2.20. The van der Waals surface area contributed by atoms with E-state index in [9.17, 15) is 9.59 Å². The number of carbonyl (C=O) groups excluding carboxylic acids is 2. The molecule has 2 aromatic heterocycles. The predicted molar refractivity (Wildman–Crippen MR) is 138 cm³/mol. The van der Waals surface area contributed by atoms with E-state index in [1.807, 2.05) is 24.3 Å². The minimum absolute atomic E-state index is 0.228. The largest absolute Gasteiger partial charge is 0.356 e. The van der Waals surface area contributed by atoms with Gasteiger partial charge in [-0.3, -0.25) is 19.5 Å². The van der Waals surface area contributed by atoms with Crippen LogP contribution >= 0.6 is 0 Å². The monoisotopic (exact) mass is 464 g/mol. The van der Waals surface area contributed by atoms with Crippen LogP contribution < -0.4 is 5.32 Å². The number of fused-ring (bicyclic) bond motifs is 1. The summed E-state index contributed by atoms with van der Waals surface area (Å²) in [5, 5.41) is 5.72. The van der Waals surface area contributed by atoms with Crippen LogP contribution in [0.25, 0.3) is 21.8 Å². The lowest BCUT2D eigenvalue weighted by molar-refractivity contribution is -0.139. The highest BCUT2D eigenvalue weighted by molar-refractivity contribution is 6.11. The van der Waals surface area contributed by atoms with Gasteiger partial charge in [-0.25, -0.2) is 0 Å². The average molecular weight is 465 g/mol. The molecule has 6 rings (SSSR count). The van der Waals surface area contributed by atoms with Gasteiger partial charge in [0.1, 0.15) is 0 Å². The third-order valence-electron chi connectivity index (χ3n) is 7.24. The number of aromatic nitrogens is 2. The van der Waals surface area contributed by atoms with Crippen molar-refractivity contribution in [1.29, 1.82) is 0 Å². The number of nitrogens with zero attached hydrogens (tertiary/aromatic N) is 3. The topological polar surface area (TPSA) is 67.2 Å². The number of amides is 2. The molecule has 2 aliphatic heterocycles. The van der Waals surface area contributed by atoms with E-state index < -0.39 is 0 Å². The molecule has 4 heterocycles. The van der Waals surface area contributed by atoms with Crippen LogP contribution in [0, 0.1) is 5.92 Å². The molecule has 0 radical (unpaired) electrons. The van der Waals surface area contributed by atoms with Crippen molar-refractivity contribution < 1.29 is 9.59 Å². The number of imide groups is 1. The highest BCUT2D eigenvalue weighted by atomic mass is 16.2. The molecule has 0 unspecified atom stereocenters. The minimum Gasteiger partial charge on any atom is -0.356 e. The summed E-state index contributed by atoms with van der Waals surface area (Å²) >= 11 is 0. The Morgan fingerprint density at radius 1 is 1.11 bits per heavy atom. The second kappa shape index (κ2) is 8.08. The summed E-state index contributed by atoms with van der Waals surface area (Å²) in [6.45, 7) is 7.08. The minimum atomic E-state index is -0.334. The fourth-order valence-electron chi connectivity index (χ4n) is 5.54. The van der Waals surface area contributed by atoms with Crippen molar-refractivity contribution in [2.24, 2.45) is 5.92 Å². The molecular formula is C29H28N4O2. The third-order valence-corrected chi connectivity index (χ3v) is 7.24. The zero-order valence-corrected chi connectivity index (χ0v) is 20.2. The van der Waals surface area contributed by atoms with Gasteiger partial charge in [0.2, 0.25) is 5.91 Å². The summed E-state index contributed by atoms with van der Waals surface area (Å²) < 4.78 is 2.31. The summed E-state index contributed by atoms with van der Waals surface area (Å²) in [6, 6.07) is 16.4. The molecule has 0 bridgehead atoms. The molecule has 0 aliphatic carbocycles. The van der Waals surface area contributed by atoms with Crippen molar-refractivity contribution >= 4 is 39.3 Å². The highest BCUT2D eigenvalue weighted by Crippen LogP contribution is 2.47. The van der Waals surface area contributed by atoms with Gasteiger partial charge in [0.15, 0.2) is 0 Å². The van der Waals surface area contributed by atoms with Crippen LogP contribution in [-0.2, 0) is 16.1 Å². The van der Waals surface area contributed by atoms with Gasteiger partial charge in [-0.15, -0.1) is 0 Å². The molecule has 0 saturated carbocycles. The lowest BCUT2D eigenvalue weighted by Crippen LogP contribution is -2.33. The maximum atomic E-state index is 13.7. The van der Waals surface area contributed by atoms with E-state index in [1.165, 1.54) is 11.8 Å². The molecule has 0 spiro atoms. The maximum Gasteiger partial charge on any atom is 0.259 e. The average Bonchev–Trinajstić information content (AvgIpc) is 3.33. The normalized spacial score (nSPS) is 17.3. The molecule has 176 valence electrons. The molecule has 1 atom stereocenters. The van der Waals surface area contributed by atoms with E-state index in [0.717, 1.165) is 57.3 Å². The fraction of sp³-hybridized carbons (Fsp3) is 0.276. The maximum absolute atomic E-state index is 13.7. The van der Waals surface area contributed by atoms with E-state index in [2.05, 4.69) is 54.2 Å². The van der Waals surface area contributed by atoms with Gasteiger partial charge in [-0.1, -0.05) is 44.2 Å². The smallest absolute Gasteiger partial charge is 0.259 e. The Balaban J connectivity index is 1.65. The van der Waals surface area contributed by atoms with Crippen molar-refractivity contribution in [2.75, 3.05) is 11.9 Å². The Hall–Kier alpha value is -3.93. The van der Waals surface area contributed by atoms with E-state index in [4.69, 9.17) is 4.98 Å². The lowest BCUT2D eigenvalue weighted by atomic mass is 9.83. The van der Waals surface area contributed by atoms with Crippen LogP contribution in [-0.4, -0.2) is 32.8 Å². The quantitative estimate of drug-likeness (QED) is 0.437. The van der Waals surface area contributed by atoms with E-state index >= 15 is 0 Å². The van der Waals surface area contributed by atoms with Crippen LogP contribution in [0.3, 0.4) is 0 Å². The van der Waals surface area contributed by atoms with Gasteiger partial charge in [-0.05, 0) is 41.7 Å². The first-order valence-electron chi connectivity index (χ1n) is 12.2. The second-order valence-corrected chi connectivity index (χ2v) is 9.94. The molecule has 6 nitrogen and oxygen atoms in total. The number of hydrogen-bond acceptors (Lipinski definition) is 4. The number of para-hydroxylation sites is 1. The van der Waals surface area contributed by atoms with E-state index in [0.29, 0.717) is 11.5 Å². The SMILES string of the molecule is CC(=O)N1CC2=C(C1=O)[C@H](c1cccc3cccnc13)c1cn(CCC(C)C)c3cccc(c13)N2. The third kappa shape index (κ3) is 3.35. The molecule has 35 heavy (non-hydrogen) atoms. The number of benzene rings is 2. The molecule has 1 N–H and O–H groups in total. The molecule has 4 aromatic rings. The fourth-order valence-corrected chi connectivity index (χ4v) is 5.54. The number of aryl methyl sites for hydroxylation is 1. The zero-order valence-electron chi connectivity index (χ0n) is 20.2. The summed E-state index contributed by atoms with van der Waals surface area (Å²) in [5.41, 5.74) is 6.49. The van der Waals surface area contributed by atoms with Crippen LogP contribution in [0.1, 0.15) is 44.2 Å². The molecule has 0 saturated heterocycles. The van der Waals surface area contributed by atoms with Crippen LogP contribution in [0.5, 0.6) is 0 Å². The number of rotatable bonds is 4. The zero-order chi connectivity index (χ0) is 24.3. The highest BCUT2D eigenvalue weighted by Gasteiger charge is 2.42. The van der Waals surface area contributed by atoms with Crippen LogP contribution in [0.2, 0.25) is 0 Å².